The average Bonchev–Trinajstić information content (AvgIpc) is 3.39. The fourth-order valence-electron chi connectivity index (χ4n) is 3.59. The minimum absolute atomic E-state index is 0.0287. The number of hydrogen-bond acceptors (Lipinski definition) is 6. The van der Waals surface area contributed by atoms with Crippen molar-refractivity contribution in [3.8, 4) is 11.3 Å². The van der Waals surface area contributed by atoms with Gasteiger partial charge in [0.25, 0.3) is 5.91 Å². The van der Waals surface area contributed by atoms with E-state index in [9.17, 15) is 4.79 Å². The van der Waals surface area contributed by atoms with Gasteiger partial charge < -0.3 is 19.2 Å². The molecule has 0 bridgehead atoms. The lowest BCUT2D eigenvalue weighted by Gasteiger charge is -2.37. The monoisotopic (exact) mass is 428 g/mol. The molecule has 7 nitrogen and oxygen atoms in total. The number of carbonyl (C=O) groups is 1. The third-order valence-corrected chi connectivity index (χ3v) is 5.65. The van der Waals surface area contributed by atoms with Gasteiger partial charge in [0.05, 0.1) is 6.04 Å². The quantitative estimate of drug-likeness (QED) is 0.646. The number of nitrogens with one attached hydrogen (secondary N) is 1. The molecule has 1 fully saturated rings. The van der Waals surface area contributed by atoms with Crippen LogP contribution in [0.1, 0.15) is 28.1 Å². The van der Waals surface area contributed by atoms with E-state index in [0.717, 1.165) is 43.3 Å². The van der Waals surface area contributed by atoms with Crippen LogP contribution in [0.3, 0.4) is 0 Å². The molecule has 1 unspecified atom stereocenters. The van der Waals surface area contributed by atoms with Gasteiger partial charge in [-0.1, -0.05) is 16.8 Å². The van der Waals surface area contributed by atoms with E-state index in [1.54, 1.807) is 18.2 Å². The second-order valence-corrected chi connectivity index (χ2v) is 8.03. The summed E-state index contributed by atoms with van der Waals surface area (Å²) in [6.07, 6.45) is 0. The normalized spacial score (nSPS) is 16.5. The summed E-state index contributed by atoms with van der Waals surface area (Å²) in [5, 5.41) is 7.56. The van der Waals surface area contributed by atoms with Gasteiger partial charge in [0.2, 0.25) is 0 Å². The number of likely N-dealkylation sites (N-methyl/N-ethyl adjacent to an activating group) is 1. The van der Waals surface area contributed by atoms with Crippen molar-refractivity contribution in [2.45, 2.75) is 13.0 Å². The molecule has 1 aromatic carbocycles. The number of carbonyl (C=O) groups excluding carboxylic acids is 1. The number of furan rings is 1. The topological polar surface area (TPSA) is 74.8 Å². The molecular weight excluding hydrogens is 404 g/mol. The van der Waals surface area contributed by atoms with Gasteiger partial charge in [0.15, 0.2) is 11.5 Å². The van der Waals surface area contributed by atoms with Crippen molar-refractivity contribution < 1.29 is 13.7 Å². The summed E-state index contributed by atoms with van der Waals surface area (Å²) in [7, 11) is 2.12. The summed E-state index contributed by atoms with van der Waals surface area (Å²) in [6.45, 7) is 6.16. The zero-order valence-electron chi connectivity index (χ0n) is 17.1. The van der Waals surface area contributed by atoms with Gasteiger partial charge in [0.1, 0.15) is 11.5 Å². The molecule has 4 rings (SSSR count). The molecule has 158 valence electrons. The Balaban J connectivity index is 1.44. The maximum absolute atomic E-state index is 12.7. The second-order valence-electron chi connectivity index (χ2n) is 7.60. The largest absolute Gasteiger partial charge is 0.465 e. The highest BCUT2D eigenvalue weighted by molar-refractivity contribution is 6.30. The number of amides is 1. The number of halogens is 1. The van der Waals surface area contributed by atoms with Crippen molar-refractivity contribution in [1.82, 2.24) is 20.3 Å². The molecule has 1 atom stereocenters. The minimum atomic E-state index is -0.277. The molecule has 1 saturated heterocycles. The summed E-state index contributed by atoms with van der Waals surface area (Å²) in [6, 6.07) is 12.7. The predicted octanol–water partition coefficient (Wildman–Crippen LogP) is 3.61. The Morgan fingerprint density at radius 2 is 1.90 bits per heavy atom. The fourth-order valence-corrected chi connectivity index (χ4v) is 3.71. The molecule has 0 spiro atoms. The van der Waals surface area contributed by atoms with Crippen molar-refractivity contribution in [3.63, 3.8) is 0 Å². The molecular formula is C22H25ClN4O3. The van der Waals surface area contributed by atoms with Gasteiger partial charge in [-0.25, -0.2) is 0 Å². The first-order valence-corrected chi connectivity index (χ1v) is 10.4. The second kappa shape index (κ2) is 9.04. The highest BCUT2D eigenvalue weighted by atomic mass is 35.5. The van der Waals surface area contributed by atoms with E-state index < -0.39 is 0 Å². The van der Waals surface area contributed by atoms with Crippen LogP contribution in [0.15, 0.2) is 51.4 Å². The van der Waals surface area contributed by atoms with Crippen LogP contribution >= 0.6 is 11.6 Å². The first-order valence-electron chi connectivity index (χ1n) is 9.99. The Labute approximate surface area is 180 Å². The number of benzene rings is 1. The van der Waals surface area contributed by atoms with Gasteiger partial charge in [-0.05, 0) is 50.4 Å². The van der Waals surface area contributed by atoms with Crippen molar-refractivity contribution >= 4 is 17.5 Å². The fraction of sp³-hybridized carbons (Fsp3) is 0.364. The Kier molecular flexibility index (Phi) is 6.22. The molecule has 1 N–H and O–H groups in total. The number of aromatic nitrogens is 1. The van der Waals surface area contributed by atoms with Crippen molar-refractivity contribution in [3.05, 3.63) is 64.7 Å². The van der Waals surface area contributed by atoms with Crippen molar-refractivity contribution in [2.75, 3.05) is 39.8 Å². The molecule has 0 saturated carbocycles. The molecule has 1 aliphatic heterocycles. The molecule has 1 amide bonds. The highest BCUT2D eigenvalue weighted by Crippen LogP contribution is 2.25. The summed E-state index contributed by atoms with van der Waals surface area (Å²) >= 11 is 5.93. The Bertz CT molecular complexity index is 990. The van der Waals surface area contributed by atoms with Crippen LogP contribution in [0.4, 0.5) is 0 Å². The van der Waals surface area contributed by atoms with Gasteiger partial charge in [0, 0.05) is 49.4 Å². The van der Waals surface area contributed by atoms with Crippen LogP contribution in [-0.4, -0.2) is 60.6 Å². The number of nitrogens with zero attached hydrogens (tertiary/aromatic N) is 3. The lowest BCUT2D eigenvalue weighted by molar-refractivity contribution is 0.0843. The van der Waals surface area contributed by atoms with Crippen LogP contribution in [0, 0.1) is 6.92 Å². The van der Waals surface area contributed by atoms with Crippen LogP contribution in [-0.2, 0) is 0 Å². The van der Waals surface area contributed by atoms with Crippen molar-refractivity contribution in [1.29, 1.82) is 0 Å². The molecule has 3 heterocycles. The molecule has 1 aliphatic rings. The standard InChI is InChI=1S/C22H25ClN4O3/c1-15-3-8-20(29-15)19(27-11-9-26(2)10-12-27)14-24-22(28)18-13-21(30-25-18)16-4-6-17(23)7-5-16/h3-8,13,19H,9-12,14H2,1-2H3,(H,24,28). The maximum atomic E-state index is 12.7. The highest BCUT2D eigenvalue weighted by Gasteiger charge is 2.27. The Morgan fingerprint density at radius 3 is 2.57 bits per heavy atom. The van der Waals surface area contributed by atoms with Crippen molar-refractivity contribution in [2.24, 2.45) is 0 Å². The summed E-state index contributed by atoms with van der Waals surface area (Å²) in [4.78, 5) is 17.4. The number of aryl methyl sites for hydroxylation is 1. The summed E-state index contributed by atoms with van der Waals surface area (Å²) < 4.78 is 11.2. The van der Waals surface area contributed by atoms with E-state index in [1.807, 2.05) is 31.2 Å². The molecule has 0 aliphatic carbocycles. The number of piperazine rings is 1. The third kappa shape index (κ3) is 4.75. The maximum Gasteiger partial charge on any atom is 0.273 e. The Morgan fingerprint density at radius 1 is 1.17 bits per heavy atom. The van der Waals surface area contributed by atoms with Gasteiger partial charge in [-0.2, -0.15) is 0 Å². The summed E-state index contributed by atoms with van der Waals surface area (Å²) in [5.74, 6) is 1.97. The number of hydrogen-bond donors (Lipinski definition) is 1. The van der Waals surface area contributed by atoms with E-state index in [-0.39, 0.29) is 17.6 Å². The summed E-state index contributed by atoms with van der Waals surface area (Å²) in [5.41, 5.74) is 1.06. The zero-order chi connectivity index (χ0) is 21.1. The van der Waals surface area contributed by atoms with E-state index in [2.05, 4.69) is 27.3 Å². The van der Waals surface area contributed by atoms with Crippen LogP contribution in [0.25, 0.3) is 11.3 Å². The molecule has 8 heteroatoms. The minimum Gasteiger partial charge on any atom is -0.465 e. The third-order valence-electron chi connectivity index (χ3n) is 5.40. The predicted molar refractivity (Wildman–Crippen MR) is 115 cm³/mol. The molecule has 3 aromatic rings. The smallest absolute Gasteiger partial charge is 0.273 e. The molecule has 30 heavy (non-hydrogen) atoms. The SMILES string of the molecule is Cc1ccc(C(CNC(=O)c2cc(-c3ccc(Cl)cc3)on2)N2CCN(C)CC2)o1. The lowest BCUT2D eigenvalue weighted by Crippen LogP contribution is -2.48. The first-order chi connectivity index (χ1) is 14.5. The van der Waals surface area contributed by atoms with E-state index in [1.165, 1.54) is 0 Å². The average molecular weight is 429 g/mol. The van der Waals surface area contributed by atoms with E-state index in [4.69, 9.17) is 20.5 Å². The molecule has 2 aromatic heterocycles. The number of rotatable bonds is 6. The van der Waals surface area contributed by atoms with E-state index >= 15 is 0 Å². The Hall–Kier alpha value is -2.61. The van der Waals surface area contributed by atoms with Crippen LogP contribution < -0.4 is 5.32 Å². The lowest BCUT2D eigenvalue weighted by atomic mass is 10.1. The molecule has 0 radical (unpaired) electrons. The first kappa shape index (κ1) is 20.7. The van der Waals surface area contributed by atoms with Gasteiger partial charge >= 0.3 is 0 Å². The zero-order valence-corrected chi connectivity index (χ0v) is 17.9. The van der Waals surface area contributed by atoms with Gasteiger partial charge in [-0.15, -0.1) is 0 Å². The van der Waals surface area contributed by atoms with Crippen LogP contribution in [0.5, 0.6) is 0 Å². The van der Waals surface area contributed by atoms with E-state index in [0.29, 0.717) is 17.3 Å². The van der Waals surface area contributed by atoms with Crippen LogP contribution in [0.2, 0.25) is 5.02 Å². The van der Waals surface area contributed by atoms with Gasteiger partial charge in [-0.3, -0.25) is 9.69 Å².